The van der Waals surface area contributed by atoms with Gasteiger partial charge < -0.3 is 10.6 Å². The average molecular weight is 456 g/mol. The summed E-state index contributed by atoms with van der Waals surface area (Å²) in [5.41, 5.74) is 7.05. The first kappa shape index (κ1) is 23.0. The zero-order chi connectivity index (χ0) is 23.5. The molecule has 9 heteroatoms. The maximum absolute atomic E-state index is 13.6. The van der Waals surface area contributed by atoms with Gasteiger partial charge in [-0.2, -0.15) is 0 Å². The van der Waals surface area contributed by atoms with Crippen LogP contribution in [0, 0.1) is 12.7 Å². The van der Waals surface area contributed by atoms with Crippen molar-refractivity contribution >= 4 is 27.5 Å². The Hall–Kier alpha value is -3.72. The largest absolute Gasteiger partial charge is 0.368 e. The van der Waals surface area contributed by atoms with E-state index in [1.165, 1.54) is 49.5 Å². The summed E-state index contributed by atoms with van der Waals surface area (Å²) < 4.78 is 41.5. The summed E-state index contributed by atoms with van der Waals surface area (Å²) in [6.07, 6.45) is 0. The second-order valence-corrected chi connectivity index (χ2v) is 8.90. The van der Waals surface area contributed by atoms with Crippen LogP contribution in [0.1, 0.15) is 27.5 Å². The number of rotatable bonds is 7. The number of primary amides is 1. The van der Waals surface area contributed by atoms with Gasteiger partial charge in [0.15, 0.2) is 0 Å². The van der Waals surface area contributed by atoms with Crippen LogP contribution in [-0.2, 0) is 14.8 Å². The van der Waals surface area contributed by atoms with Crippen LogP contribution in [0.2, 0.25) is 0 Å². The molecule has 3 aromatic rings. The van der Waals surface area contributed by atoms with Gasteiger partial charge in [-0.25, -0.2) is 12.8 Å². The van der Waals surface area contributed by atoms with Gasteiger partial charge in [0.05, 0.1) is 10.6 Å². The van der Waals surface area contributed by atoms with E-state index in [4.69, 9.17) is 5.73 Å². The second-order valence-electron chi connectivity index (χ2n) is 7.22. The molecule has 0 aliphatic heterocycles. The Bertz CT molecular complexity index is 1260. The van der Waals surface area contributed by atoms with Gasteiger partial charge in [0, 0.05) is 12.6 Å². The van der Waals surface area contributed by atoms with E-state index in [0.717, 1.165) is 16.5 Å². The number of nitrogens with zero attached hydrogens (tertiary/aromatic N) is 1. The first-order chi connectivity index (χ1) is 15.1. The van der Waals surface area contributed by atoms with Crippen molar-refractivity contribution in [2.75, 3.05) is 11.8 Å². The molecular weight excluding hydrogens is 433 g/mol. The Kier molecular flexibility index (Phi) is 6.59. The minimum absolute atomic E-state index is 0.0310. The fourth-order valence-electron chi connectivity index (χ4n) is 3.24. The topological polar surface area (TPSA) is 110 Å². The molecule has 0 aromatic heterocycles. The van der Waals surface area contributed by atoms with Crippen molar-refractivity contribution in [3.05, 3.63) is 95.3 Å². The number of anilines is 1. The first-order valence-corrected chi connectivity index (χ1v) is 11.1. The van der Waals surface area contributed by atoms with Crippen LogP contribution in [-0.4, -0.2) is 32.2 Å². The number of nitrogens with two attached hydrogens (primary N) is 1. The lowest BCUT2D eigenvalue weighted by atomic mass is 10.0. The molecule has 0 aliphatic carbocycles. The van der Waals surface area contributed by atoms with Crippen LogP contribution in [0.15, 0.2) is 77.7 Å². The van der Waals surface area contributed by atoms with Crippen molar-refractivity contribution in [3.8, 4) is 0 Å². The molecule has 0 spiro atoms. The number of hydrogen-bond donors (Lipinski definition) is 2. The van der Waals surface area contributed by atoms with Gasteiger partial charge in [-0.05, 0) is 60.5 Å². The van der Waals surface area contributed by atoms with Crippen molar-refractivity contribution in [1.82, 2.24) is 4.90 Å². The third-order valence-electron chi connectivity index (χ3n) is 4.94. The normalized spacial score (nSPS) is 12.1. The van der Waals surface area contributed by atoms with Crippen LogP contribution in [0.3, 0.4) is 0 Å². The lowest BCUT2D eigenvalue weighted by Gasteiger charge is -2.26. The fourth-order valence-corrected chi connectivity index (χ4v) is 4.37. The lowest BCUT2D eigenvalue weighted by molar-refractivity contribution is -0.122. The molecule has 32 heavy (non-hydrogen) atoms. The highest BCUT2D eigenvalue weighted by Gasteiger charge is 2.28. The number of aryl methyl sites for hydroxylation is 1. The smallest absolute Gasteiger partial charge is 0.261 e. The Labute approximate surface area is 185 Å². The zero-order valence-electron chi connectivity index (χ0n) is 17.4. The third-order valence-corrected chi connectivity index (χ3v) is 6.32. The number of hydrogen-bond acceptors (Lipinski definition) is 4. The van der Waals surface area contributed by atoms with E-state index in [0.29, 0.717) is 5.69 Å². The summed E-state index contributed by atoms with van der Waals surface area (Å²) in [5, 5.41) is 0. The van der Waals surface area contributed by atoms with Gasteiger partial charge in [0.1, 0.15) is 11.9 Å². The number of likely N-dealkylation sites (N-methyl/N-ethyl adjacent to an activating group) is 1. The van der Waals surface area contributed by atoms with Crippen molar-refractivity contribution in [2.45, 2.75) is 17.9 Å². The predicted octanol–water partition coefficient (Wildman–Crippen LogP) is 3.23. The molecule has 0 saturated heterocycles. The fraction of sp³-hybridized carbons (Fsp3) is 0.130. The summed E-state index contributed by atoms with van der Waals surface area (Å²) >= 11 is 0. The molecule has 0 aliphatic rings. The molecule has 0 fully saturated rings. The van der Waals surface area contributed by atoms with Crippen molar-refractivity contribution in [1.29, 1.82) is 0 Å². The molecule has 1 atom stereocenters. The summed E-state index contributed by atoms with van der Waals surface area (Å²) in [7, 11) is -2.50. The van der Waals surface area contributed by atoms with Gasteiger partial charge >= 0.3 is 0 Å². The van der Waals surface area contributed by atoms with E-state index < -0.39 is 33.7 Å². The first-order valence-electron chi connectivity index (χ1n) is 9.60. The lowest BCUT2D eigenvalue weighted by Crippen LogP contribution is -2.39. The number of amides is 2. The molecule has 3 rings (SSSR count). The number of carbonyl (C=O) groups excluding carboxylic acids is 2. The van der Waals surface area contributed by atoms with Crippen LogP contribution in [0.25, 0.3) is 0 Å². The molecule has 0 saturated carbocycles. The molecule has 7 nitrogen and oxygen atoms in total. The van der Waals surface area contributed by atoms with E-state index in [2.05, 4.69) is 4.72 Å². The summed E-state index contributed by atoms with van der Waals surface area (Å²) in [5.74, 6) is -1.97. The number of benzene rings is 3. The molecule has 2 amide bonds. The minimum Gasteiger partial charge on any atom is -0.368 e. The van der Waals surface area contributed by atoms with Crippen molar-refractivity contribution in [3.63, 3.8) is 0 Å². The molecule has 0 heterocycles. The summed E-state index contributed by atoms with van der Waals surface area (Å²) in [6, 6.07) is 16.3. The summed E-state index contributed by atoms with van der Waals surface area (Å²) in [6.45, 7) is 1.78. The quantitative estimate of drug-likeness (QED) is 0.570. The van der Waals surface area contributed by atoms with Crippen molar-refractivity contribution in [2.24, 2.45) is 5.73 Å². The number of sulfonamides is 1. The van der Waals surface area contributed by atoms with E-state index in [1.54, 1.807) is 31.2 Å². The maximum Gasteiger partial charge on any atom is 0.261 e. The Balaban J connectivity index is 1.83. The highest BCUT2D eigenvalue weighted by molar-refractivity contribution is 7.92. The van der Waals surface area contributed by atoms with Gasteiger partial charge in [-0.3, -0.25) is 14.3 Å². The van der Waals surface area contributed by atoms with Gasteiger partial charge in [-0.15, -0.1) is 0 Å². The Morgan fingerprint density at radius 1 is 1.00 bits per heavy atom. The van der Waals surface area contributed by atoms with Gasteiger partial charge in [0.2, 0.25) is 5.91 Å². The van der Waals surface area contributed by atoms with Crippen molar-refractivity contribution < 1.29 is 22.4 Å². The second kappa shape index (κ2) is 9.19. The molecule has 0 radical (unpaired) electrons. The molecular formula is C23H22FN3O4S. The van der Waals surface area contributed by atoms with E-state index >= 15 is 0 Å². The number of halogens is 1. The van der Waals surface area contributed by atoms with Gasteiger partial charge in [0.25, 0.3) is 15.9 Å². The number of para-hydroxylation sites is 1. The SMILES string of the molecule is Cc1ccccc1NS(=O)(=O)c1ccc(C(=O)N(C)C(C(N)=O)c2cccc(F)c2)cc1. The van der Waals surface area contributed by atoms with Crippen LogP contribution in [0.4, 0.5) is 10.1 Å². The van der Waals surface area contributed by atoms with E-state index in [1.807, 2.05) is 0 Å². The molecule has 1 unspecified atom stereocenters. The molecule has 166 valence electrons. The van der Waals surface area contributed by atoms with Gasteiger partial charge in [-0.1, -0.05) is 30.3 Å². The average Bonchev–Trinajstić information content (AvgIpc) is 2.75. The zero-order valence-corrected chi connectivity index (χ0v) is 18.3. The third kappa shape index (κ3) is 4.94. The number of carbonyl (C=O) groups is 2. The van der Waals surface area contributed by atoms with Crippen LogP contribution >= 0.6 is 0 Å². The minimum atomic E-state index is -3.87. The predicted molar refractivity (Wildman–Crippen MR) is 119 cm³/mol. The monoisotopic (exact) mass is 455 g/mol. The van der Waals surface area contributed by atoms with Crippen LogP contribution in [0.5, 0.6) is 0 Å². The van der Waals surface area contributed by atoms with E-state index in [9.17, 15) is 22.4 Å². The van der Waals surface area contributed by atoms with E-state index in [-0.39, 0.29) is 16.0 Å². The highest BCUT2D eigenvalue weighted by atomic mass is 32.2. The maximum atomic E-state index is 13.6. The standard InChI is InChI=1S/C23H22FN3O4S/c1-15-6-3-4-9-20(15)26-32(30,31)19-12-10-16(11-13-19)23(29)27(2)21(22(25)28)17-7-5-8-18(24)14-17/h3-14,21,26H,1-2H3,(H2,25,28). The molecule has 3 aromatic carbocycles. The highest BCUT2D eigenvalue weighted by Crippen LogP contribution is 2.24. The molecule has 3 N–H and O–H groups in total. The number of nitrogens with one attached hydrogen (secondary N) is 1. The Morgan fingerprint density at radius 2 is 1.66 bits per heavy atom. The Morgan fingerprint density at radius 3 is 2.25 bits per heavy atom. The molecule has 0 bridgehead atoms. The summed E-state index contributed by atoms with van der Waals surface area (Å²) in [4.78, 5) is 26.0. The van der Waals surface area contributed by atoms with Crippen LogP contribution < -0.4 is 10.5 Å².